The van der Waals surface area contributed by atoms with E-state index in [9.17, 15) is 4.79 Å². The van der Waals surface area contributed by atoms with Crippen LogP contribution in [0.4, 0.5) is 0 Å². The van der Waals surface area contributed by atoms with Crippen LogP contribution in [0.15, 0.2) is 24.3 Å². The molecule has 1 unspecified atom stereocenters. The molecule has 1 aromatic rings. The second kappa shape index (κ2) is 7.02. The third kappa shape index (κ3) is 3.75. The smallest absolute Gasteiger partial charge is 0.254 e. The van der Waals surface area contributed by atoms with Gasteiger partial charge < -0.3 is 14.4 Å². The Labute approximate surface area is 138 Å². The lowest BCUT2D eigenvalue weighted by molar-refractivity contribution is -0.167. The van der Waals surface area contributed by atoms with Crippen LogP contribution in [0.1, 0.15) is 42.1 Å². The lowest BCUT2D eigenvalue weighted by Gasteiger charge is -2.53. The number of rotatable bonds is 5. The van der Waals surface area contributed by atoms with Gasteiger partial charge in [0.1, 0.15) is 5.60 Å². The summed E-state index contributed by atoms with van der Waals surface area (Å²) in [5.41, 5.74) is 1.80. The quantitative estimate of drug-likeness (QED) is 0.784. The summed E-state index contributed by atoms with van der Waals surface area (Å²) in [5, 5.41) is 0. The molecule has 2 saturated heterocycles. The van der Waals surface area contributed by atoms with Gasteiger partial charge in [0.05, 0.1) is 13.1 Å². The van der Waals surface area contributed by atoms with Gasteiger partial charge >= 0.3 is 0 Å². The summed E-state index contributed by atoms with van der Waals surface area (Å²) in [6, 6.07) is 7.81. The van der Waals surface area contributed by atoms with E-state index in [0.29, 0.717) is 5.92 Å². The Morgan fingerprint density at radius 2 is 2.26 bits per heavy atom. The molecule has 0 N–H and O–H groups in total. The number of hydrogen-bond acceptors (Lipinski definition) is 3. The first-order valence-corrected chi connectivity index (χ1v) is 8.69. The number of carbonyl (C=O) groups is 1. The molecule has 2 fully saturated rings. The van der Waals surface area contributed by atoms with Crippen LogP contribution in [0.25, 0.3) is 0 Å². The van der Waals surface area contributed by atoms with Gasteiger partial charge in [-0.3, -0.25) is 4.79 Å². The number of carbonyl (C=O) groups excluding carboxylic acids is 1. The molecule has 0 aliphatic carbocycles. The average Bonchev–Trinajstić information content (AvgIpc) is 2.52. The molecule has 23 heavy (non-hydrogen) atoms. The summed E-state index contributed by atoms with van der Waals surface area (Å²) in [5.74, 6) is 0.783. The van der Waals surface area contributed by atoms with Gasteiger partial charge in [-0.05, 0) is 51.2 Å². The minimum absolute atomic E-state index is 0.103. The molecule has 126 valence electrons. The highest BCUT2D eigenvalue weighted by Gasteiger charge is 2.49. The van der Waals surface area contributed by atoms with E-state index in [-0.39, 0.29) is 11.5 Å². The lowest BCUT2D eigenvalue weighted by atomic mass is 9.79. The minimum Gasteiger partial charge on any atom is -0.382 e. The highest BCUT2D eigenvalue weighted by Crippen LogP contribution is 2.38. The maximum atomic E-state index is 12.5. The summed E-state index contributed by atoms with van der Waals surface area (Å²) in [6.07, 6.45) is 3.27. The van der Waals surface area contributed by atoms with Gasteiger partial charge in [-0.15, -0.1) is 0 Å². The van der Waals surface area contributed by atoms with Gasteiger partial charge in [0.15, 0.2) is 0 Å². The van der Waals surface area contributed by atoms with Crippen molar-refractivity contribution in [3.63, 3.8) is 0 Å². The van der Waals surface area contributed by atoms with Crippen molar-refractivity contribution in [2.24, 2.45) is 5.92 Å². The summed E-state index contributed by atoms with van der Waals surface area (Å²) in [6.45, 7) is 7.93. The molecule has 3 rings (SSSR count). The van der Waals surface area contributed by atoms with E-state index in [1.165, 1.54) is 0 Å². The second-order valence-corrected chi connectivity index (χ2v) is 6.91. The molecular weight excluding hydrogens is 290 g/mol. The fourth-order valence-corrected chi connectivity index (χ4v) is 3.74. The van der Waals surface area contributed by atoms with Gasteiger partial charge in [0.2, 0.25) is 0 Å². The van der Waals surface area contributed by atoms with Crippen LogP contribution in [0.5, 0.6) is 0 Å². The van der Waals surface area contributed by atoms with Crippen molar-refractivity contribution in [1.82, 2.24) is 4.90 Å². The molecule has 2 heterocycles. The molecule has 4 nitrogen and oxygen atoms in total. The molecule has 2 aliphatic rings. The normalized spacial score (nSPS) is 22.9. The largest absolute Gasteiger partial charge is 0.382 e. The Kier molecular flexibility index (Phi) is 5.02. The Bertz CT molecular complexity index is 551. The van der Waals surface area contributed by atoms with Crippen molar-refractivity contribution in [3.05, 3.63) is 35.4 Å². The van der Waals surface area contributed by atoms with Crippen molar-refractivity contribution in [1.29, 1.82) is 0 Å². The van der Waals surface area contributed by atoms with Crippen LogP contribution in [0.2, 0.25) is 0 Å². The van der Waals surface area contributed by atoms with Gasteiger partial charge in [-0.2, -0.15) is 0 Å². The predicted molar refractivity (Wildman–Crippen MR) is 89.6 cm³/mol. The van der Waals surface area contributed by atoms with Crippen LogP contribution in [0.3, 0.4) is 0 Å². The number of likely N-dealkylation sites (tertiary alicyclic amines) is 1. The predicted octanol–water partition coefficient (Wildman–Crippen LogP) is 3.04. The SMILES string of the molecule is CCOCCC1CCOC2(C1)CN(C(=O)c1cccc(C)c1)C2. The molecule has 0 saturated carbocycles. The van der Waals surface area contributed by atoms with Crippen molar-refractivity contribution < 1.29 is 14.3 Å². The van der Waals surface area contributed by atoms with Gasteiger partial charge in [-0.1, -0.05) is 17.7 Å². The van der Waals surface area contributed by atoms with Crippen LogP contribution in [-0.2, 0) is 9.47 Å². The molecular formula is C19H27NO3. The first-order valence-electron chi connectivity index (χ1n) is 8.69. The summed E-state index contributed by atoms with van der Waals surface area (Å²) in [7, 11) is 0. The third-order valence-electron chi connectivity index (χ3n) is 4.98. The summed E-state index contributed by atoms with van der Waals surface area (Å²) >= 11 is 0. The van der Waals surface area contributed by atoms with E-state index >= 15 is 0 Å². The standard InChI is InChI=1S/C19H27NO3/c1-3-22-9-7-16-8-10-23-19(12-16)13-20(14-19)18(21)17-6-4-5-15(2)11-17/h4-6,11,16H,3,7-10,12-14H2,1-2H3. The van der Waals surface area contributed by atoms with Gasteiger partial charge in [-0.25, -0.2) is 0 Å². The summed E-state index contributed by atoms with van der Waals surface area (Å²) in [4.78, 5) is 14.5. The third-order valence-corrected chi connectivity index (χ3v) is 4.98. The Morgan fingerprint density at radius 1 is 1.43 bits per heavy atom. The van der Waals surface area contributed by atoms with E-state index in [2.05, 4.69) is 0 Å². The molecule has 0 bridgehead atoms. The maximum absolute atomic E-state index is 12.5. The molecule has 2 aliphatic heterocycles. The van der Waals surface area contributed by atoms with Gasteiger partial charge in [0, 0.05) is 25.4 Å². The Balaban J connectivity index is 1.53. The minimum atomic E-state index is -0.103. The molecule has 1 atom stereocenters. The molecule has 4 heteroatoms. The second-order valence-electron chi connectivity index (χ2n) is 6.91. The zero-order valence-electron chi connectivity index (χ0n) is 14.2. The van der Waals surface area contributed by atoms with Gasteiger partial charge in [0.25, 0.3) is 5.91 Å². The zero-order valence-corrected chi connectivity index (χ0v) is 14.2. The molecule has 1 aromatic carbocycles. The van der Waals surface area contributed by atoms with E-state index in [1.54, 1.807) is 0 Å². The van der Waals surface area contributed by atoms with Crippen LogP contribution < -0.4 is 0 Å². The number of ether oxygens (including phenoxy) is 2. The number of nitrogens with zero attached hydrogens (tertiary/aromatic N) is 1. The average molecular weight is 317 g/mol. The van der Waals surface area contributed by atoms with Crippen LogP contribution in [-0.4, -0.2) is 49.3 Å². The van der Waals surface area contributed by atoms with Crippen molar-refractivity contribution in [3.8, 4) is 0 Å². The number of hydrogen-bond donors (Lipinski definition) is 0. The van der Waals surface area contributed by atoms with Crippen molar-refractivity contribution in [2.75, 3.05) is 32.9 Å². The van der Waals surface area contributed by atoms with Crippen molar-refractivity contribution >= 4 is 5.91 Å². The van der Waals surface area contributed by atoms with E-state index in [4.69, 9.17) is 9.47 Å². The zero-order chi connectivity index (χ0) is 16.3. The van der Waals surface area contributed by atoms with Crippen LogP contribution in [0, 0.1) is 12.8 Å². The monoisotopic (exact) mass is 317 g/mol. The topological polar surface area (TPSA) is 38.8 Å². The Hall–Kier alpha value is -1.39. The number of amides is 1. The van der Waals surface area contributed by atoms with Crippen LogP contribution >= 0.6 is 0 Å². The van der Waals surface area contributed by atoms with Crippen molar-refractivity contribution in [2.45, 2.75) is 38.7 Å². The number of aryl methyl sites for hydroxylation is 1. The van der Waals surface area contributed by atoms with E-state index in [1.807, 2.05) is 43.0 Å². The first-order chi connectivity index (χ1) is 11.1. The fourth-order valence-electron chi connectivity index (χ4n) is 3.74. The molecule has 0 radical (unpaired) electrons. The Morgan fingerprint density at radius 3 is 3.00 bits per heavy atom. The maximum Gasteiger partial charge on any atom is 0.254 e. The lowest BCUT2D eigenvalue weighted by Crippen LogP contribution is -2.66. The van der Waals surface area contributed by atoms with E-state index in [0.717, 1.165) is 63.3 Å². The highest BCUT2D eigenvalue weighted by atomic mass is 16.5. The first kappa shape index (κ1) is 16.5. The molecule has 1 amide bonds. The number of benzene rings is 1. The molecule has 0 aromatic heterocycles. The molecule has 1 spiro atoms. The summed E-state index contributed by atoms with van der Waals surface area (Å²) < 4.78 is 11.5. The van der Waals surface area contributed by atoms with E-state index < -0.39 is 0 Å². The fraction of sp³-hybridized carbons (Fsp3) is 0.632. The highest BCUT2D eigenvalue weighted by molar-refractivity contribution is 5.95.